The highest BCUT2D eigenvalue weighted by molar-refractivity contribution is 9.10. The Morgan fingerprint density at radius 3 is 3.00 bits per heavy atom. The Bertz CT molecular complexity index is 487. The molecule has 0 aliphatic carbocycles. The predicted octanol–water partition coefficient (Wildman–Crippen LogP) is 2.36. The number of aryl methyl sites for hydroxylation is 1. The van der Waals surface area contributed by atoms with E-state index in [0.29, 0.717) is 4.47 Å². The van der Waals surface area contributed by atoms with Gasteiger partial charge < -0.3 is 5.32 Å². The maximum Gasteiger partial charge on any atom is 0.137 e. The van der Waals surface area contributed by atoms with Gasteiger partial charge in [-0.1, -0.05) is 11.3 Å². The summed E-state index contributed by atoms with van der Waals surface area (Å²) in [5, 5.41) is 10.9. The third kappa shape index (κ3) is 3.89. The molecule has 0 saturated carbocycles. The largest absolute Gasteiger partial charge is 0.313 e. The molecule has 0 radical (unpaired) electrons. The smallest absolute Gasteiger partial charge is 0.137 e. The number of benzene rings is 1. The van der Waals surface area contributed by atoms with Crippen LogP contribution in [0.3, 0.4) is 0 Å². The van der Waals surface area contributed by atoms with Crippen molar-refractivity contribution in [2.24, 2.45) is 0 Å². The van der Waals surface area contributed by atoms with Crippen LogP contribution >= 0.6 is 15.9 Å². The van der Waals surface area contributed by atoms with Crippen molar-refractivity contribution in [1.82, 2.24) is 20.3 Å². The van der Waals surface area contributed by atoms with Gasteiger partial charge in [0.25, 0.3) is 0 Å². The molecule has 2 aromatic rings. The van der Waals surface area contributed by atoms with Crippen LogP contribution < -0.4 is 5.32 Å². The highest BCUT2D eigenvalue weighted by atomic mass is 79.9. The van der Waals surface area contributed by atoms with Crippen molar-refractivity contribution < 1.29 is 4.39 Å². The van der Waals surface area contributed by atoms with Crippen molar-refractivity contribution in [2.75, 3.05) is 6.54 Å². The lowest BCUT2D eigenvalue weighted by molar-refractivity contribution is 0.530. The lowest BCUT2D eigenvalue weighted by Crippen LogP contribution is -2.16. The monoisotopic (exact) mass is 312 g/mol. The standard InChI is InChI=1S/C12H14BrFN4/c13-11-8-10(2-3-12(11)14)9-15-4-1-6-18-7-5-16-17-18/h2-3,5,7-8,15H,1,4,6,9H2. The minimum atomic E-state index is -0.232. The maximum atomic E-state index is 13.0. The molecule has 2 rings (SSSR count). The summed E-state index contributed by atoms with van der Waals surface area (Å²) in [5.41, 5.74) is 1.06. The zero-order valence-electron chi connectivity index (χ0n) is 9.81. The second kappa shape index (κ2) is 6.61. The topological polar surface area (TPSA) is 42.7 Å². The van der Waals surface area contributed by atoms with E-state index in [9.17, 15) is 4.39 Å². The van der Waals surface area contributed by atoms with Crippen LogP contribution in [-0.4, -0.2) is 21.5 Å². The third-order valence-electron chi connectivity index (χ3n) is 2.53. The Morgan fingerprint density at radius 1 is 1.39 bits per heavy atom. The van der Waals surface area contributed by atoms with Gasteiger partial charge in [0.05, 0.1) is 10.7 Å². The predicted molar refractivity (Wildman–Crippen MR) is 70.4 cm³/mol. The molecule has 0 aliphatic heterocycles. The van der Waals surface area contributed by atoms with Gasteiger partial charge in [-0.3, -0.25) is 4.68 Å². The fourth-order valence-corrected chi connectivity index (χ4v) is 2.03. The molecule has 1 aromatic carbocycles. The summed E-state index contributed by atoms with van der Waals surface area (Å²) in [6.45, 7) is 2.46. The number of nitrogens with one attached hydrogen (secondary N) is 1. The zero-order chi connectivity index (χ0) is 12.8. The summed E-state index contributed by atoms with van der Waals surface area (Å²) >= 11 is 3.17. The maximum absolute atomic E-state index is 13.0. The van der Waals surface area contributed by atoms with Crippen LogP contribution in [0.2, 0.25) is 0 Å². The number of hydrogen-bond donors (Lipinski definition) is 1. The Morgan fingerprint density at radius 2 is 2.28 bits per heavy atom. The molecular formula is C12H14BrFN4. The lowest BCUT2D eigenvalue weighted by atomic mass is 10.2. The molecule has 0 amide bonds. The molecule has 96 valence electrons. The van der Waals surface area contributed by atoms with E-state index in [1.54, 1.807) is 23.0 Å². The molecule has 0 bridgehead atoms. The van der Waals surface area contributed by atoms with Gasteiger partial charge in [-0.2, -0.15) is 0 Å². The third-order valence-corrected chi connectivity index (χ3v) is 3.13. The highest BCUT2D eigenvalue weighted by Gasteiger charge is 2.00. The molecule has 0 unspecified atom stereocenters. The van der Waals surface area contributed by atoms with Gasteiger partial charge >= 0.3 is 0 Å². The van der Waals surface area contributed by atoms with E-state index in [1.165, 1.54) is 6.07 Å². The summed E-state index contributed by atoms with van der Waals surface area (Å²) < 4.78 is 15.3. The molecule has 0 fully saturated rings. The molecular weight excluding hydrogens is 299 g/mol. The summed E-state index contributed by atoms with van der Waals surface area (Å²) in [6.07, 6.45) is 4.49. The second-order valence-corrected chi connectivity index (χ2v) is 4.80. The molecule has 6 heteroatoms. The van der Waals surface area contributed by atoms with Crippen molar-refractivity contribution in [2.45, 2.75) is 19.5 Å². The average Bonchev–Trinajstić information content (AvgIpc) is 2.86. The Balaban J connectivity index is 1.67. The zero-order valence-corrected chi connectivity index (χ0v) is 11.4. The Labute approximate surface area is 113 Å². The summed E-state index contributed by atoms with van der Waals surface area (Å²) in [7, 11) is 0. The van der Waals surface area contributed by atoms with Crippen LogP contribution in [0.5, 0.6) is 0 Å². The van der Waals surface area contributed by atoms with E-state index >= 15 is 0 Å². The van der Waals surface area contributed by atoms with E-state index in [2.05, 4.69) is 31.6 Å². The average molecular weight is 313 g/mol. The molecule has 0 aliphatic rings. The quantitative estimate of drug-likeness (QED) is 0.833. The Kier molecular flexibility index (Phi) is 4.83. The minimum Gasteiger partial charge on any atom is -0.313 e. The van der Waals surface area contributed by atoms with Crippen LogP contribution in [0, 0.1) is 5.82 Å². The molecule has 0 atom stereocenters. The van der Waals surface area contributed by atoms with Crippen molar-refractivity contribution >= 4 is 15.9 Å². The van der Waals surface area contributed by atoms with Crippen molar-refractivity contribution in [3.05, 3.63) is 46.4 Å². The molecule has 0 saturated heterocycles. The molecule has 1 heterocycles. The van der Waals surface area contributed by atoms with Gasteiger partial charge in [-0.05, 0) is 46.6 Å². The molecule has 4 nitrogen and oxygen atoms in total. The first-order valence-corrected chi connectivity index (χ1v) is 6.54. The fraction of sp³-hybridized carbons (Fsp3) is 0.333. The summed E-state index contributed by atoms with van der Waals surface area (Å²) in [4.78, 5) is 0. The van der Waals surface area contributed by atoms with E-state index < -0.39 is 0 Å². The van der Waals surface area contributed by atoms with Gasteiger partial charge in [0.2, 0.25) is 0 Å². The van der Waals surface area contributed by atoms with Crippen LogP contribution in [0.15, 0.2) is 35.1 Å². The molecule has 18 heavy (non-hydrogen) atoms. The second-order valence-electron chi connectivity index (χ2n) is 3.94. The number of halogens is 2. The van der Waals surface area contributed by atoms with E-state index in [0.717, 1.165) is 31.6 Å². The first kappa shape index (κ1) is 13.2. The van der Waals surface area contributed by atoms with E-state index in [4.69, 9.17) is 0 Å². The number of nitrogens with zero attached hydrogens (tertiary/aromatic N) is 3. The van der Waals surface area contributed by atoms with E-state index in [1.807, 2.05) is 6.20 Å². The lowest BCUT2D eigenvalue weighted by Gasteiger charge is -2.05. The molecule has 0 spiro atoms. The molecule has 1 N–H and O–H groups in total. The first-order valence-electron chi connectivity index (χ1n) is 5.74. The molecule has 1 aromatic heterocycles. The normalized spacial score (nSPS) is 10.8. The summed E-state index contributed by atoms with van der Waals surface area (Å²) in [5.74, 6) is -0.232. The SMILES string of the molecule is Fc1ccc(CNCCCn2ccnn2)cc1Br. The first-order chi connectivity index (χ1) is 8.75. The highest BCUT2D eigenvalue weighted by Crippen LogP contribution is 2.16. The van der Waals surface area contributed by atoms with Crippen molar-refractivity contribution in [3.63, 3.8) is 0 Å². The van der Waals surface area contributed by atoms with Gasteiger partial charge in [-0.15, -0.1) is 5.10 Å². The van der Waals surface area contributed by atoms with Crippen LogP contribution in [0.4, 0.5) is 4.39 Å². The number of hydrogen-bond acceptors (Lipinski definition) is 3. The van der Waals surface area contributed by atoms with Crippen LogP contribution in [0.1, 0.15) is 12.0 Å². The van der Waals surface area contributed by atoms with E-state index in [-0.39, 0.29) is 5.82 Å². The van der Waals surface area contributed by atoms with Gasteiger partial charge in [0.1, 0.15) is 5.82 Å². The fourth-order valence-electron chi connectivity index (χ4n) is 1.60. The van der Waals surface area contributed by atoms with Gasteiger partial charge in [0.15, 0.2) is 0 Å². The van der Waals surface area contributed by atoms with Crippen LogP contribution in [0.25, 0.3) is 0 Å². The minimum absolute atomic E-state index is 0.232. The Hall–Kier alpha value is -1.27. The number of rotatable bonds is 6. The summed E-state index contributed by atoms with van der Waals surface area (Å²) in [6, 6.07) is 5.04. The van der Waals surface area contributed by atoms with Gasteiger partial charge in [0, 0.05) is 19.3 Å². The van der Waals surface area contributed by atoms with Gasteiger partial charge in [-0.25, -0.2) is 4.39 Å². The van der Waals surface area contributed by atoms with Crippen molar-refractivity contribution in [1.29, 1.82) is 0 Å². The van der Waals surface area contributed by atoms with Crippen LogP contribution in [-0.2, 0) is 13.1 Å². The van der Waals surface area contributed by atoms with Crippen molar-refractivity contribution in [3.8, 4) is 0 Å². The number of aromatic nitrogens is 3.